The van der Waals surface area contributed by atoms with Gasteiger partial charge in [-0.05, 0) is 90.4 Å². The number of ether oxygens (including phenoxy) is 4. The van der Waals surface area contributed by atoms with Crippen LogP contribution < -0.4 is 14.2 Å². The van der Waals surface area contributed by atoms with E-state index >= 15 is 0 Å². The van der Waals surface area contributed by atoms with E-state index in [0.717, 1.165) is 31.8 Å². The number of pyridine rings is 1. The van der Waals surface area contributed by atoms with Crippen molar-refractivity contribution in [2.45, 2.75) is 54.4 Å². The maximum Gasteiger partial charge on any atom is 0.329 e. The van der Waals surface area contributed by atoms with E-state index in [0.29, 0.717) is 73.2 Å². The highest BCUT2D eigenvalue weighted by molar-refractivity contribution is 5.88. The van der Waals surface area contributed by atoms with Gasteiger partial charge in [-0.1, -0.05) is 25.2 Å². The minimum atomic E-state index is -0.538. The Morgan fingerprint density at radius 1 is 1.08 bits per heavy atom. The number of carbonyl (C=O) groups is 1. The van der Waals surface area contributed by atoms with Gasteiger partial charge in [0.1, 0.15) is 17.3 Å². The maximum atomic E-state index is 15.0. The van der Waals surface area contributed by atoms with Gasteiger partial charge in [0.15, 0.2) is 17.3 Å². The number of halogens is 1. The van der Waals surface area contributed by atoms with Crippen molar-refractivity contribution in [2.24, 2.45) is 0 Å². The van der Waals surface area contributed by atoms with Crippen molar-refractivity contribution < 1.29 is 33.2 Å². The lowest BCUT2D eigenvalue weighted by Gasteiger charge is -2.20. The molecule has 2 amide bonds. The number of aliphatic hydroxyl groups is 1. The van der Waals surface area contributed by atoms with Gasteiger partial charge in [-0.25, -0.2) is 9.18 Å². The van der Waals surface area contributed by atoms with Crippen molar-refractivity contribution >= 4 is 16.9 Å². The third-order valence-electron chi connectivity index (χ3n) is 8.11. The number of likely N-dealkylation sites (N-methyl/N-ethyl adjacent to an activating group) is 1. The standard InChI is InChI=1S/C39H53FN4O6/c1-8-15-32(45)16-13-22-43-28-31(10-3)44(39(43)46)30(9-2)17-18-35(29(6)40)50-36-19-20-41-34-27-38(37(47-7)26-33(34)36)49-24-14-21-42(11-4)23-25-48-12-5/h8-10,15-20,26-27,45H,11-14,21-25,28H2,1-7H3/b15-8-,18-17-,30-9+,31-10+,32-16+,35-29-. The van der Waals surface area contributed by atoms with Crippen molar-refractivity contribution in [3.05, 3.63) is 95.7 Å². The number of allylic oxidation sites excluding steroid dienone is 7. The van der Waals surface area contributed by atoms with Crippen molar-refractivity contribution in [1.29, 1.82) is 0 Å². The first-order valence-corrected chi connectivity index (χ1v) is 17.2. The number of carbonyl (C=O) groups excluding carboxylic acids is 1. The number of fused-ring (bicyclic) bond motifs is 1. The Labute approximate surface area is 296 Å². The van der Waals surface area contributed by atoms with Crippen LogP contribution in [-0.2, 0) is 4.74 Å². The smallest absolute Gasteiger partial charge is 0.329 e. The molecule has 1 saturated heterocycles. The number of methoxy groups -OCH3 is 1. The van der Waals surface area contributed by atoms with E-state index in [1.165, 1.54) is 13.0 Å². The van der Waals surface area contributed by atoms with Gasteiger partial charge in [0.05, 0.1) is 32.4 Å². The molecule has 272 valence electrons. The van der Waals surface area contributed by atoms with Crippen molar-refractivity contribution in [3.8, 4) is 17.2 Å². The molecule has 2 aromatic rings. The summed E-state index contributed by atoms with van der Waals surface area (Å²) in [5.41, 5.74) is 1.97. The van der Waals surface area contributed by atoms with Gasteiger partial charge in [0.2, 0.25) is 0 Å². The molecule has 0 bridgehead atoms. The Balaban J connectivity index is 1.75. The summed E-state index contributed by atoms with van der Waals surface area (Å²) in [6.45, 7) is 16.4. The van der Waals surface area contributed by atoms with Gasteiger partial charge >= 0.3 is 6.03 Å². The number of amides is 2. The van der Waals surface area contributed by atoms with E-state index in [9.17, 15) is 14.3 Å². The average Bonchev–Trinajstić information content (AvgIpc) is 3.43. The highest BCUT2D eigenvalue weighted by atomic mass is 19.1. The summed E-state index contributed by atoms with van der Waals surface area (Å²) in [7, 11) is 1.57. The molecule has 0 radical (unpaired) electrons. The van der Waals surface area contributed by atoms with Gasteiger partial charge in [-0.3, -0.25) is 9.88 Å². The Morgan fingerprint density at radius 3 is 2.54 bits per heavy atom. The van der Waals surface area contributed by atoms with E-state index in [2.05, 4.69) is 16.8 Å². The molecule has 0 spiro atoms. The molecule has 0 aliphatic carbocycles. The van der Waals surface area contributed by atoms with Crippen LogP contribution >= 0.6 is 0 Å². The molecule has 0 unspecified atom stereocenters. The van der Waals surface area contributed by atoms with E-state index in [1.54, 1.807) is 71.7 Å². The number of benzene rings is 1. The van der Waals surface area contributed by atoms with Gasteiger partial charge in [0, 0.05) is 55.3 Å². The van der Waals surface area contributed by atoms with Gasteiger partial charge in [-0.2, -0.15) is 0 Å². The van der Waals surface area contributed by atoms with E-state index in [1.807, 2.05) is 33.8 Å². The van der Waals surface area contributed by atoms with Crippen molar-refractivity contribution in [2.75, 3.05) is 59.7 Å². The lowest BCUT2D eigenvalue weighted by Crippen LogP contribution is -2.31. The van der Waals surface area contributed by atoms with E-state index < -0.39 is 5.83 Å². The van der Waals surface area contributed by atoms with Crippen LogP contribution in [0, 0.1) is 0 Å². The van der Waals surface area contributed by atoms with Gasteiger partial charge in [-0.15, -0.1) is 0 Å². The molecule has 10 nitrogen and oxygen atoms in total. The minimum Gasteiger partial charge on any atom is -0.508 e. The molecule has 50 heavy (non-hydrogen) atoms. The summed E-state index contributed by atoms with van der Waals surface area (Å²) in [6, 6.07) is 5.05. The minimum absolute atomic E-state index is 0.0175. The summed E-state index contributed by atoms with van der Waals surface area (Å²) < 4.78 is 38.3. The number of hydrogen-bond donors (Lipinski definition) is 1. The van der Waals surface area contributed by atoms with Crippen LogP contribution in [0.3, 0.4) is 0 Å². The third kappa shape index (κ3) is 11.2. The number of aliphatic hydroxyl groups excluding tert-OH is 1. The normalized spacial score (nSPS) is 15.8. The predicted octanol–water partition coefficient (Wildman–Crippen LogP) is 8.46. The van der Waals surface area contributed by atoms with E-state index in [4.69, 9.17) is 18.9 Å². The Bertz CT molecular complexity index is 1610. The summed E-state index contributed by atoms with van der Waals surface area (Å²) in [4.78, 5) is 23.6. The predicted molar refractivity (Wildman–Crippen MR) is 197 cm³/mol. The quantitative estimate of drug-likeness (QED) is 0.0839. The molecule has 1 fully saturated rings. The molecule has 1 aliphatic rings. The summed E-state index contributed by atoms with van der Waals surface area (Å²) in [6.07, 6.45) is 14.8. The number of aromatic nitrogens is 1. The second-order valence-electron chi connectivity index (χ2n) is 11.4. The fourth-order valence-corrected chi connectivity index (χ4v) is 5.40. The molecular weight excluding hydrogens is 639 g/mol. The van der Waals surface area contributed by atoms with Crippen LogP contribution in [0.4, 0.5) is 9.18 Å². The number of hydrogen-bond acceptors (Lipinski definition) is 8. The van der Waals surface area contributed by atoms with Gasteiger partial charge < -0.3 is 33.9 Å². The number of rotatable bonds is 20. The first-order chi connectivity index (χ1) is 24.2. The zero-order valence-electron chi connectivity index (χ0n) is 30.6. The van der Waals surface area contributed by atoms with E-state index in [-0.39, 0.29) is 17.5 Å². The first kappa shape index (κ1) is 39.8. The van der Waals surface area contributed by atoms with Crippen LogP contribution in [0.25, 0.3) is 10.9 Å². The van der Waals surface area contributed by atoms with Crippen LogP contribution in [0.15, 0.2) is 95.7 Å². The molecular formula is C39H53FN4O6. The maximum absolute atomic E-state index is 15.0. The lowest BCUT2D eigenvalue weighted by molar-refractivity contribution is 0.112. The second kappa shape index (κ2) is 20.8. The summed E-state index contributed by atoms with van der Waals surface area (Å²) >= 11 is 0. The van der Waals surface area contributed by atoms with Crippen molar-refractivity contribution in [3.63, 3.8) is 0 Å². The van der Waals surface area contributed by atoms with Crippen LogP contribution in [-0.4, -0.2) is 90.5 Å². The number of urea groups is 1. The highest BCUT2D eigenvalue weighted by Gasteiger charge is 2.33. The topological polar surface area (TPSA) is 96.8 Å². The highest BCUT2D eigenvalue weighted by Crippen LogP contribution is 2.37. The third-order valence-corrected chi connectivity index (χ3v) is 8.11. The fraction of sp³-hybridized carbons (Fsp3) is 0.436. The molecule has 1 aromatic heterocycles. The molecule has 2 heterocycles. The lowest BCUT2D eigenvalue weighted by atomic mass is 10.1. The average molecular weight is 693 g/mol. The molecule has 1 aromatic carbocycles. The summed E-state index contributed by atoms with van der Waals surface area (Å²) in [5.74, 6) is 1.07. The summed E-state index contributed by atoms with van der Waals surface area (Å²) in [5, 5.41) is 10.5. The van der Waals surface area contributed by atoms with Crippen LogP contribution in [0.5, 0.6) is 17.2 Å². The molecule has 1 aliphatic heterocycles. The van der Waals surface area contributed by atoms with Crippen molar-refractivity contribution in [1.82, 2.24) is 19.7 Å². The van der Waals surface area contributed by atoms with Gasteiger partial charge in [0.25, 0.3) is 0 Å². The number of nitrogens with zero attached hydrogens (tertiary/aromatic N) is 4. The molecule has 0 saturated carbocycles. The zero-order valence-corrected chi connectivity index (χ0v) is 30.6. The Morgan fingerprint density at radius 2 is 1.88 bits per heavy atom. The second-order valence-corrected chi connectivity index (χ2v) is 11.4. The Kier molecular flexibility index (Phi) is 16.6. The van der Waals surface area contributed by atoms with Crippen LogP contribution in [0.2, 0.25) is 0 Å². The zero-order chi connectivity index (χ0) is 36.5. The largest absolute Gasteiger partial charge is 0.508 e. The fourth-order valence-electron chi connectivity index (χ4n) is 5.40. The monoisotopic (exact) mass is 692 g/mol. The molecule has 0 atom stereocenters. The SMILES string of the molecule is C/C=C\C(O)=C/CCN1C/C(=C\C)N(C(/C=C\C(Oc2ccnc3cc(OCCCN(CC)CCOCC)c(OC)cc23)=C(/C)F)=C/C)C1=O. The molecule has 3 rings (SSSR count). The molecule has 11 heteroatoms. The Hall–Kier alpha value is -4.61. The molecule has 1 N–H and O–H groups in total. The first-order valence-electron chi connectivity index (χ1n) is 17.2. The van der Waals surface area contributed by atoms with Crippen LogP contribution in [0.1, 0.15) is 54.4 Å².